The van der Waals surface area contributed by atoms with Crippen LogP contribution in [0.2, 0.25) is 0 Å². The topological polar surface area (TPSA) is 63.7 Å². The van der Waals surface area contributed by atoms with Gasteiger partial charge in [0.1, 0.15) is 0 Å². The van der Waals surface area contributed by atoms with E-state index in [-0.39, 0.29) is 51.7 Å². The molecule has 1 saturated heterocycles. The van der Waals surface area contributed by atoms with Gasteiger partial charge in [-0.25, -0.2) is 8.42 Å². The van der Waals surface area contributed by atoms with Gasteiger partial charge in [0.15, 0.2) is 0 Å². The Hall–Kier alpha value is 3.59. The standard InChI is InChI=1S/C11H12BrNO2.C8H9ClO2S.H14P12/c1-15-11(14)8-6-13(7-8)10-4-2-3-9(12)5-10;1-2-7-3-5-8(6-4-7)12(9,10)11;1-8(2)11(7)12(9(3)4)10(5)6/h2-5,8H,6-7H2,1H3;3-6H,2H2,1H3;1-7H2. The number of esters is 1. The molecular weight excluding hydrogens is 825 g/mol. The number of halogens is 2. The molecule has 1 aliphatic heterocycles. The molecule has 0 spiro atoms. The van der Waals surface area contributed by atoms with Crippen LogP contribution in [0.1, 0.15) is 12.5 Å². The van der Waals surface area contributed by atoms with Crippen LogP contribution in [0.25, 0.3) is 0 Å². The maximum absolute atomic E-state index is 11.2. The van der Waals surface area contributed by atoms with E-state index in [1.54, 1.807) is 12.1 Å². The van der Waals surface area contributed by atoms with Gasteiger partial charge in [0.05, 0.1) is 17.9 Å². The molecule has 2 aromatic rings. The molecule has 0 amide bonds. The minimum absolute atomic E-state index is 0.0361. The van der Waals surface area contributed by atoms with Crippen molar-refractivity contribution in [2.24, 2.45) is 5.92 Å². The number of hydrogen-bond donors (Lipinski definition) is 0. The molecule has 0 aromatic heterocycles. The first-order chi connectivity index (χ1) is 18.1. The predicted octanol–water partition coefficient (Wildman–Crippen LogP) is 10.8. The number of rotatable bonds is 8. The van der Waals surface area contributed by atoms with Crippen molar-refractivity contribution in [1.82, 2.24) is 0 Å². The smallest absolute Gasteiger partial charge is 0.312 e. The molecule has 20 heteroatoms. The Balaban J connectivity index is 0.000000296. The van der Waals surface area contributed by atoms with Crippen LogP contribution in [0.3, 0.4) is 0 Å². The Labute approximate surface area is 268 Å². The molecule has 39 heavy (non-hydrogen) atoms. The highest BCUT2D eigenvalue weighted by Crippen LogP contribution is 3.16. The molecule has 8 unspecified atom stereocenters. The van der Waals surface area contributed by atoms with Crippen LogP contribution in [-0.4, -0.2) is 34.6 Å². The van der Waals surface area contributed by atoms with Crippen molar-refractivity contribution in [3.8, 4) is 0 Å². The Morgan fingerprint density at radius 1 is 1.00 bits per heavy atom. The second-order valence-electron chi connectivity index (χ2n) is 7.77. The van der Waals surface area contributed by atoms with Gasteiger partial charge in [0, 0.05) is 33.9 Å². The first-order valence-electron chi connectivity index (χ1n) is 11.0. The molecule has 2 aromatic carbocycles. The van der Waals surface area contributed by atoms with Crippen LogP contribution in [0.5, 0.6) is 0 Å². The second kappa shape index (κ2) is 20.7. The summed E-state index contributed by atoms with van der Waals surface area (Å²) in [6.45, 7) is 4.21. The van der Waals surface area contributed by atoms with Gasteiger partial charge in [-0.2, -0.15) is 0 Å². The quantitative estimate of drug-likeness (QED) is 0.150. The Kier molecular flexibility index (Phi) is 21.5. The lowest BCUT2D eigenvalue weighted by Crippen LogP contribution is -2.50. The first kappa shape index (κ1) is 40.6. The summed E-state index contributed by atoms with van der Waals surface area (Å²) in [5.41, 5.74) is 2.24. The third-order valence-electron chi connectivity index (χ3n) is 5.04. The van der Waals surface area contributed by atoms with Gasteiger partial charge in [-0.1, -0.05) is 41.1 Å². The summed E-state index contributed by atoms with van der Waals surface area (Å²) >= 11 is 3.42. The molecule has 0 aliphatic carbocycles. The minimum Gasteiger partial charge on any atom is -0.469 e. The van der Waals surface area contributed by atoms with Crippen LogP contribution < -0.4 is 4.90 Å². The van der Waals surface area contributed by atoms with Gasteiger partial charge in [-0.15, -0.1) is 62.5 Å². The van der Waals surface area contributed by atoms with E-state index in [9.17, 15) is 13.2 Å². The predicted molar refractivity (Wildman–Crippen MR) is 213 cm³/mol. The van der Waals surface area contributed by atoms with Gasteiger partial charge >= 0.3 is 5.97 Å². The van der Waals surface area contributed by atoms with Crippen LogP contribution in [0.4, 0.5) is 5.69 Å². The third kappa shape index (κ3) is 15.2. The van der Waals surface area contributed by atoms with Crippen molar-refractivity contribution >= 4 is 145 Å². The molecule has 1 heterocycles. The molecule has 220 valence electrons. The zero-order valence-corrected chi connectivity index (χ0v) is 37.1. The highest BCUT2D eigenvalue weighted by atomic mass is 79.9. The molecular formula is C19H35BrClNO4P12S. The Bertz CT molecular complexity index is 1140. The number of carbonyl (C=O) groups excluding carboxylic acids is 1. The number of hydrogen-bond acceptors (Lipinski definition) is 5. The highest BCUT2D eigenvalue weighted by Gasteiger charge is 2.33. The van der Waals surface area contributed by atoms with Gasteiger partial charge in [-0.05, 0) is 77.3 Å². The zero-order chi connectivity index (χ0) is 29.9. The fourth-order valence-corrected chi connectivity index (χ4v) is 107. The maximum Gasteiger partial charge on any atom is 0.312 e. The summed E-state index contributed by atoms with van der Waals surface area (Å²) < 4.78 is 27.3. The first-order valence-corrected chi connectivity index (χ1v) is 34.9. The summed E-state index contributed by atoms with van der Waals surface area (Å²) in [6, 6.07) is 14.6. The van der Waals surface area contributed by atoms with E-state index in [0.717, 1.165) is 35.2 Å². The summed E-state index contributed by atoms with van der Waals surface area (Å²) in [5, 5.41) is 0. The average Bonchev–Trinajstić information content (AvgIpc) is 2.83. The number of aryl methyl sites for hydroxylation is 1. The average molecular weight is 861 g/mol. The van der Waals surface area contributed by atoms with Gasteiger partial charge in [0.2, 0.25) is 0 Å². The minimum atomic E-state index is -3.56. The fraction of sp³-hybridized carbons (Fsp3) is 0.316. The van der Waals surface area contributed by atoms with Crippen molar-refractivity contribution in [1.29, 1.82) is 0 Å². The van der Waals surface area contributed by atoms with E-state index in [1.807, 2.05) is 31.2 Å². The van der Waals surface area contributed by atoms with Gasteiger partial charge < -0.3 is 9.64 Å². The molecule has 3 rings (SSSR count). The van der Waals surface area contributed by atoms with E-state index < -0.39 is 9.05 Å². The molecule has 0 N–H and O–H groups in total. The number of ether oxygens (including phenoxy) is 1. The molecule has 5 nitrogen and oxygen atoms in total. The van der Waals surface area contributed by atoms with Gasteiger partial charge in [-0.3, -0.25) is 4.79 Å². The van der Waals surface area contributed by atoms with Crippen LogP contribution in [0, 0.1) is 5.92 Å². The SMILES string of the molecule is CCc1ccc(S(=O)(=O)Cl)cc1.COC(=O)C1CN(c2cccc(Br)c2)C1.PP(P)P(P)P(P(P)P)P(P)P. The van der Waals surface area contributed by atoms with E-state index in [1.165, 1.54) is 19.2 Å². The summed E-state index contributed by atoms with van der Waals surface area (Å²) in [7, 11) is 24.0. The molecule has 0 radical (unpaired) electrons. The number of methoxy groups -OCH3 is 1. The second-order valence-corrected chi connectivity index (χ2v) is 56.2. The molecule has 8 atom stereocenters. The van der Waals surface area contributed by atoms with Crippen LogP contribution in [0.15, 0.2) is 57.9 Å². The largest absolute Gasteiger partial charge is 0.469 e. The third-order valence-corrected chi connectivity index (χ3v) is 73.5. The van der Waals surface area contributed by atoms with Gasteiger partial charge in [0.25, 0.3) is 9.05 Å². The number of nitrogens with zero attached hydrogens (tertiary/aromatic N) is 1. The van der Waals surface area contributed by atoms with E-state index >= 15 is 0 Å². The molecule has 1 aliphatic rings. The summed E-state index contributed by atoms with van der Waals surface area (Å²) in [6.07, 6.45) is 0.891. The van der Waals surface area contributed by atoms with Crippen molar-refractivity contribution < 1.29 is 17.9 Å². The molecule has 1 fully saturated rings. The van der Waals surface area contributed by atoms with E-state index in [4.69, 9.17) is 10.7 Å². The Morgan fingerprint density at radius 2 is 1.54 bits per heavy atom. The summed E-state index contributed by atoms with van der Waals surface area (Å²) in [4.78, 5) is 13.5. The lowest BCUT2D eigenvalue weighted by Gasteiger charge is -2.39. The lowest BCUT2D eigenvalue weighted by atomic mass is 9.99. The van der Waals surface area contributed by atoms with Crippen molar-refractivity contribution in [3.05, 3.63) is 58.6 Å². The Morgan fingerprint density at radius 3 is 1.90 bits per heavy atom. The normalized spacial score (nSPS) is 14.4. The van der Waals surface area contributed by atoms with Crippen molar-refractivity contribution in [2.75, 3.05) is 25.1 Å². The summed E-state index contributed by atoms with van der Waals surface area (Å²) in [5.74, 6) is -0.0739. The van der Waals surface area contributed by atoms with Crippen LogP contribution in [-0.2, 0) is 25.0 Å². The zero-order valence-electron chi connectivity index (χ0n) is 21.3. The monoisotopic (exact) mass is 859 g/mol. The van der Waals surface area contributed by atoms with E-state index in [2.05, 4.69) is 88.1 Å². The highest BCUT2D eigenvalue weighted by molar-refractivity contribution is 9.21. The van der Waals surface area contributed by atoms with E-state index in [0.29, 0.717) is 0 Å². The number of anilines is 1. The fourth-order valence-electron chi connectivity index (χ4n) is 2.99. The molecule has 0 saturated carbocycles. The van der Waals surface area contributed by atoms with Crippen molar-refractivity contribution in [2.45, 2.75) is 18.2 Å². The molecule has 0 bridgehead atoms. The maximum atomic E-state index is 11.2. The van der Waals surface area contributed by atoms with Crippen molar-refractivity contribution in [3.63, 3.8) is 0 Å². The van der Waals surface area contributed by atoms with Crippen LogP contribution >= 0.6 is 124 Å². The lowest BCUT2D eigenvalue weighted by molar-refractivity contribution is -0.146. The number of carbonyl (C=O) groups is 1. The number of benzene rings is 2.